The number of nitrogens with one attached hydrogen (secondary N) is 1. The Morgan fingerprint density at radius 2 is 1.65 bits per heavy atom. The SMILES string of the molecule is CC(C)(C)[Si](C)(C)OCCCCNCCOCc1ccccc1. The van der Waals surface area contributed by atoms with E-state index in [9.17, 15) is 0 Å². The van der Waals surface area contributed by atoms with Crippen LogP contribution in [0.5, 0.6) is 0 Å². The van der Waals surface area contributed by atoms with Gasteiger partial charge in [0, 0.05) is 13.2 Å². The van der Waals surface area contributed by atoms with Crippen LogP contribution in [0.2, 0.25) is 18.1 Å². The third-order valence-electron chi connectivity index (χ3n) is 4.55. The maximum absolute atomic E-state index is 6.17. The van der Waals surface area contributed by atoms with Gasteiger partial charge >= 0.3 is 0 Å². The van der Waals surface area contributed by atoms with Gasteiger partial charge in [-0.05, 0) is 43.1 Å². The van der Waals surface area contributed by atoms with Crippen LogP contribution in [0.3, 0.4) is 0 Å². The number of unbranched alkanes of at least 4 members (excludes halogenated alkanes) is 1. The van der Waals surface area contributed by atoms with Crippen molar-refractivity contribution in [2.75, 3.05) is 26.3 Å². The summed E-state index contributed by atoms with van der Waals surface area (Å²) in [6, 6.07) is 10.3. The lowest BCUT2D eigenvalue weighted by Crippen LogP contribution is -2.41. The van der Waals surface area contributed by atoms with Crippen LogP contribution in [-0.4, -0.2) is 34.6 Å². The second-order valence-electron chi connectivity index (χ2n) is 7.60. The van der Waals surface area contributed by atoms with Crippen LogP contribution >= 0.6 is 0 Å². The third-order valence-corrected chi connectivity index (χ3v) is 9.09. The molecule has 0 unspecified atom stereocenters. The fraction of sp³-hybridized carbons (Fsp3) is 0.684. The first-order valence-electron chi connectivity index (χ1n) is 8.79. The summed E-state index contributed by atoms with van der Waals surface area (Å²) in [5.41, 5.74) is 1.23. The molecule has 0 aromatic heterocycles. The monoisotopic (exact) mass is 337 g/mol. The molecule has 1 N–H and O–H groups in total. The molecule has 0 atom stereocenters. The van der Waals surface area contributed by atoms with Gasteiger partial charge in [-0.2, -0.15) is 0 Å². The van der Waals surface area contributed by atoms with Gasteiger partial charge in [-0.25, -0.2) is 0 Å². The first-order valence-corrected chi connectivity index (χ1v) is 11.7. The Balaban J connectivity index is 1.92. The van der Waals surface area contributed by atoms with Crippen molar-refractivity contribution in [3.8, 4) is 0 Å². The Morgan fingerprint density at radius 3 is 2.30 bits per heavy atom. The predicted octanol–water partition coefficient (Wildman–Crippen LogP) is 4.59. The molecule has 3 nitrogen and oxygen atoms in total. The largest absolute Gasteiger partial charge is 0.417 e. The summed E-state index contributed by atoms with van der Waals surface area (Å²) in [5.74, 6) is 0. The average Bonchev–Trinajstić information content (AvgIpc) is 2.49. The van der Waals surface area contributed by atoms with Gasteiger partial charge in [0.2, 0.25) is 0 Å². The van der Waals surface area contributed by atoms with Gasteiger partial charge in [-0.3, -0.25) is 0 Å². The molecule has 4 heteroatoms. The number of hydrogen-bond acceptors (Lipinski definition) is 3. The molecule has 1 aromatic carbocycles. The number of ether oxygens (including phenoxy) is 1. The van der Waals surface area contributed by atoms with Crippen LogP contribution in [-0.2, 0) is 15.8 Å². The van der Waals surface area contributed by atoms with Crippen molar-refractivity contribution in [2.24, 2.45) is 0 Å². The van der Waals surface area contributed by atoms with E-state index in [1.807, 2.05) is 18.2 Å². The Labute approximate surface area is 143 Å². The topological polar surface area (TPSA) is 30.5 Å². The van der Waals surface area contributed by atoms with Crippen LogP contribution in [0.1, 0.15) is 39.2 Å². The highest BCUT2D eigenvalue weighted by Gasteiger charge is 2.36. The zero-order valence-electron chi connectivity index (χ0n) is 15.7. The zero-order chi connectivity index (χ0) is 17.2. The highest BCUT2D eigenvalue weighted by Crippen LogP contribution is 2.36. The highest BCUT2D eigenvalue weighted by atomic mass is 28.4. The van der Waals surface area contributed by atoms with Gasteiger partial charge in [-0.15, -0.1) is 0 Å². The minimum Gasteiger partial charge on any atom is -0.417 e. The van der Waals surface area contributed by atoms with E-state index in [-0.39, 0.29) is 0 Å². The molecule has 0 heterocycles. The first kappa shape index (κ1) is 20.4. The molecule has 0 aliphatic carbocycles. The van der Waals surface area contributed by atoms with Crippen molar-refractivity contribution in [3.05, 3.63) is 35.9 Å². The molecule has 0 saturated heterocycles. The van der Waals surface area contributed by atoms with Crippen molar-refractivity contribution in [2.45, 2.75) is 58.4 Å². The van der Waals surface area contributed by atoms with Gasteiger partial charge < -0.3 is 14.5 Å². The van der Waals surface area contributed by atoms with E-state index in [0.29, 0.717) is 11.6 Å². The molecule has 0 fully saturated rings. The first-order chi connectivity index (χ1) is 10.8. The summed E-state index contributed by atoms with van der Waals surface area (Å²) in [4.78, 5) is 0. The molecule has 132 valence electrons. The molecule has 23 heavy (non-hydrogen) atoms. The highest BCUT2D eigenvalue weighted by molar-refractivity contribution is 6.74. The maximum Gasteiger partial charge on any atom is 0.191 e. The predicted molar refractivity (Wildman–Crippen MR) is 101 cm³/mol. The van der Waals surface area contributed by atoms with Gasteiger partial charge in [-0.1, -0.05) is 51.1 Å². The van der Waals surface area contributed by atoms with E-state index in [1.54, 1.807) is 0 Å². The summed E-state index contributed by atoms with van der Waals surface area (Å²) >= 11 is 0. The van der Waals surface area contributed by atoms with Gasteiger partial charge in [0.25, 0.3) is 0 Å². The van der Waals surface area contributed by atoms with Gasteiger partial charge in [0.15, 0.2) is 8.32 Å². The Bertz CT molecular complexity index is 415. The fourth-order valence-corrected chi connectivity index (χ4v) is 3.02. The molecule has 0 bridgehead atoms. The number of rotatable bonds is 11. The molecular formula is C19H35NO2Si. The molecule has 0 amide bonds. The summed E-state index contributed by atoms with van der Waals surface area (Å²) < 4.78 is 11.8. The second-order valence-corrected chi connectivity index (χ2v) is 12.4. The fourth-order valence-electron chi connectivity index (χ4n) is 1.93. The van der Waals surface area contributed by atoms with E-state index < -0.39 is 8.32 Å². The van der Waals surface area contributed by atoms with Crippen molar-refractivity contribution >= 4 is 8.32 Å². The smallest absolute Gasteiger partial charge is 0.191 e. The lowest BCUT2D eigenvalue weighted by atomic mass is 10.2. The average molecular weight is 338 g/mol. The van der Waals surface area contributed by atoms with E-state index in [4.69, 9.17) is 9.16 Å². The molecular weight excluding hydrogens is 302 g/mol. The van der Waals surface area contributed by atoms with Crippen molar-refractivity contribution in [3.63, 3.8) is 0 Å². The standard InChI is InChI=1S/C19H35NO2Si/c1-19(2,3)23(4,5)22-15-10-9-13-20-14-16-21-17-18-11-7-6-8-12-18/h6-8,11-12,20H,9-10,13-17H2,1-5H3. The normalized spacial score (nSPS) is 12.6. The number of benzene rings is 1. The minimum absolute atomic E-state index is 0.307. The molecule has 0 spiro atoms. The molecule has 0 saturated carbocycles. The molecule has 1 aromatic rings. The lowest BCUT2D eigenvalue weighted by Gasteiger charge is -2.36. The summed E-state index contributed by atoms with van der Waals surface area (Å²) in [7, 11) is -1.56. The summed E-state index contributed by atoms with van der Waals surface area (Å²) in [6.07, 6.45) is 2.29. The summed E-state index contributed by atoms with van der Waals surface area (Å²) in [6.45, 7) is 15.8. The Hall–Kier alpha value is -0.683. The van der Waals surface area contributed by atoms with E-state index in [2.05, 4.69) is 51.3 Å². The minimum atomic E-state index is -1.56. The molecule has 1 rings (SSSR count). The van der Waals surface area contributed by atoms with E-state index in [0.717, 1.165) is 39.1 Å². The Morgan fingerprint density at radius 1 is 0.957 bits per heavy atom. The third kappa shape index (κ3) is 8.65. The van der Waals surface area contributed by atoms with Crippen LogP contribution in [0.15, 0.2) is 30.3 Å². The van der Waals surface area contributed by atoms with Crippen molar-refractivity contribution in [1.82, 2.24) is 5.32 Å². The van der Waals surface area contributed by atoms with Crippen LogP contribution in [0, 0.1) is 0 Å². The molecule has 0 aliphatic rings. The summed E-state index contributed by atoms with van der Waals surface area (Å²) in [5, 5.41) is 3.74. The number of hydrogen-bond donors (Lipinski definition) is 1. The lowest BCUT2D eigenvalue weighted by molar-refractivity contribution is 0.122. The van der Waals surface area contributed by atoms with Gasteiger partial charge in [0.05, 0.1) is 13.2 Å². The van der Waals surface area contributed by atoms with Crippen molar-refractivity contribution in [1.29, 1.82) is 0 Å². The van der Waals surface area contributed by atoms with E-state index >= 15 is 0 Å². The van der Waals surface area contributed by atoms with Gasteiger partial charge in [0.1, 0.15) is 0 Å². The maximum atomic E-state index is 6.17. The van der Waals surface area contributed by atoms with E-state index in [1.165, 1.54) is 5.56 Å². The second kappa shape index (κ2) is 10.2. The zero-order valence-corrected chi connectivity index (χ0v) is 16.7. The van der Waals surface area contributed by atoms with Crippen LogP contribution < -0.4 is 5.32 Å². The molecule has 0 aliphatic heterocycles. The molecule has 0 radical (unpaired) electrons. The Kier molecular flexibility index (Phi) is 9.06. The van der Waals surface area contributed by atoms with Crippen LogP contribution in [0.25, 0.3) is 0 Å². The quantitative estimate of drug-likeness (QED) is 0.473. The van der Waals surface area contributed by atoms with Crippen molar-refractivity contribution < 1.29 is 9.16 Å². The van der Waals surface area contributed by atoms with Crippen LogP contribution in [0.4, 0.5) is 0 Å².